The van der Waals surface area contributed by atoms with Crippen LogP contribution in [0.3, 0.4) is 0 Å². The van der Waals surface area contributed by atoms with Crippen molar-refractivity contribution in [1.29, 1.82) is 0 Å². The van der Waals surface area contributed by atoms with E-state index >= 15 is 0 Å². The molecule has 0 saturated heterocycles. The second-order valence-corrected chi connectivity index (χ2v) is 8.50. The van der Waals surface area contributed by atoms with Gasteiger partial charge in [0, 0.05) is 23.5 Å². The largest absolute Gasteiger partial charge is 0.480 e. The van der Waals surface area contributed by atoms with E-state index in [4.69, 9.17) is 0 Å². The normalized spacial score (nSPS) is 13.5. The molecule has 0 saturated carbocycles. The van der Waals surface area contributed by atoms with Gasteiger partial charge in [-0.1, -0.05) is 44.2 Å². The molecule has 0 aliphatic carbocycles. The van der Waals surface area contributed by atoms with Gasteiger partial charge in [0.15, 0.2) is 0 Å². The minimum Gasteiger partial charge on any atom is -0.480 e. The summed E-state index contributed by atoms with van der Waals surface area (Å²) in [6.07, 6.45) is 0. The van der Waals surface area contributed by atoms with Gasteiger partial charge in [-0.05, 0) is 59.0 Å². The average Bonchev–Trinajstić information content (AvgIpc) is 3.09. The lowest BCUT2D eigenvalue weighted by molar-refractivity contribution is -0.144. The average molecular weight is 461 g/mol. The molecule has 3 amide bonds. The van der Waals surface area contributed by atoms with E-state index in [0.29, 0.717) is 16.9 Å². The molecule has 0 unspecified atom stereocenters. The quantitative estimate of drug-likeness (QED) is 0.470. The number of urea groups is 1. The highest BCUT2D eigenvalue weighted by molar-refractivity contribution is 6.02. The molecular weight excluding hydrogens is 437 g/mol. The molecule has 34 heavy (non-hydrogen) atoms. The number of hydrogen-bond acceptors (Lipinski definition) is 3. The molecule has 3 N–H and O–H groups in total. The summed E-state index contributed by atoms with van der Waals surface area (Å²) in [5.74, 6) is -1.96. The molecular formula is C26H24FN3O4. The number of nitrogens with one attached hydrogen (secondary N) is 2. The van der Waals surface area contributed by atoms with Gasteiger partial charge in [0.1, 0.15) is 11.9 Å². The number of halogens is 1. The molecule has 4 rings (SSSR count). The number of benzene rings is 3. The Balaban J connectivity index is 1.47. The van der Waals surface area contributed by atoms with Crippen molar-refractivity contribution in [3.8, 4) is 11.1 Å². The Hall–Kier alpha value is -4.20. The van der Waals surface area contributed by atoms with Crippen molar-refractivity contribution in [3.63, 3.8) is 0 Å². The number of nitrogens with zero attached hydrogens (tertiary/aromatic N) is 1. The van der Waals surface area contributed by atoms with Crippen LogP contribution in [0.2, 0.25) is 0 Å². The summed E-state index contributed by atoms with van der Waals surface area (Å²) in [6.45, 7) is 3.84. The molecule has 1 atom stereocenters. The van der Waals surface area contributed by atoms with Crippen LogP contribution >= 0.6 is 0 Å². The summed E-state index contributed by atoms with van der Waals surface area (Å²) in [5, 5.41) is 14.8. The van der Waals surface area contributed by atoms with Crippen LogP contribution in [0.4, 0.5) is 20.6 Å². The minimum absolute atomic E-state index is 0.214. The Bertz CT molecular complexity index is 1260. The molecule has 8 heteroatoms. The molecule has 174 valence electrons. The van der Waals surface area contributed by atoms with E-state index in [1.165, 1.54) is 23.1 Å². The summed E-state index contributed by atoms with van der Waals surface area (Å²) in [6, 6.07) is 16.8. The van der Waals surface area contributed by atoms with Crippen LogP contribution in [0.1, 0.15) is 29.8 Å². The van der Waals surface area contributed by atoms with Crippen LogP contribution in [-0.4, -0.2) is 34.0 Å². The van der Waals surface area contributed by atoms with Gasteiger partial charge < -0.3 is 20.6 Å². The maximum absolute atomic E-state index is 13.3. The molecule has 1 aliphatic rings. The number of amides is 3. The van der Waals surface area contributed by atoms with E-state index in [-0.39, 0.29) is 18.4 Å². The van der Waals surface area contributed by atoms with Crippen molar-refractivity contribution in [2.45, 2.75) is 26.4 Å². The van der Waals surface area contributed by atoms with Crippen LogP contribution in [0.15, 0.2) is 66.7 Å². The first-order valence-corrected chi connectivity index (χ1v) is 10.8. The number of fused-ring (bicyclic) bond motifs is 1. The van der Waals surface area contributed by atoms with Gasteiger partial charge >= 0.3 is 12.0 Å². The smallest absolute Gasteiger partial charge is 0.326 e. The number of carbonyl (C=O) groups is 3. The molecule has 1 aliphatic heterocycles. The summed E-state index contributed by atoms with van der Waals surface area (Å²) in [5.41, 5.74) is 3.83. The van der Waals surface area contributed by atoms with Crippen molar-refractivity contribution in [3.05, 3.63) is 83.7 Å². The Kier molecular flexibility index (Phi) is 6.32. The Morgan fingerprint density at radius 1 is 0.941 bits per heavy atom. The number of hydrogen-bond donors (Lipinski definition) is 3. The highest BCUT2D eigenvalue weighted by atomic mass is 19.1. The number of rotatable bonds is 6. The van der Waals surface area contributed by atoms with Crippen molar-refractivity contribution in [2.75, 3.05) is 10.6 Å². The van der Waals surface area contributed by atoms with Gasteiger partial charge in [-0.3, -0.25) is 4.79 Å². The fourth-order valence-electron chi connectivity index (χ4n) is 4.11. The number of anilines is 2. The maximum Gasteiger partial charge on any atom is 0.326 e. The number of carboxylic acids is 1. The molecule has 0 bridgehead atoms. The van der Waals surface area contributed by atoms with Gasteiger partial charge in [0.25, 0.3) is 5.91 Å². The third-order valence-electron chi connectivity index (χ3n) is 5.72. The van der Waals surface area contributed by atoms with Crippen molar-refractivity contribution >= 4 is 29.3 Å². The number of carbonyl (C=O) groups excluding carboxylic acids is 2. The topological polar surface area (TPSA) is 98.7 Å². The van der Waals surface area contributed by atoms with Crippen molar-refractivity contribution in [2.24, 2.45) is 5.92 Å². The fraction of sp³-hybridized carbons (Fsp3) is 0.192. The van der Waals surface area contributed by atoms with Crippen LogP contribution < -0.4 is 10.6 Å². The predicted molar refractivity (Wildman–Crippen MR) is 127 cm³/mol. The Labute approximate surface area is 196 Å². The number of aliphatic carboxylic acids is 1. The van der Waals surface area contributed by atoms with E-state index in [1.807, 2.05) is 24.3 Å². The molecule has 0 spiro atoms. The Morgan fingerprint density at radius 3 is 2.26 bits per heavy atom. The fourth-order valence-corrected chi connectivity index (χ4v) is 4.11. The highest BCUT2D eigenvalue weighted by Crippen LogP contribution is 2.31. The van der Waals surface area contributed by atoms with Gasteiger partial charge in [0.2, 0.25) is 0 Å². The lowest BCUT2D eigenvalue weighted by Gasteiger charge is -2.27. The standard InChI is InChI=1S/C26H24FN3O4/c1-15(2)23(25(32)33)30-14-18-7-6-17(12-22(18)24(30)31)16-8-10-20(11-9-16)28-26(34)29-21-5-3-4-19(27)13-21/h3-13,15,23H,14H2,1-2H3,(H,32,33)(H2,28,29,34)/t23-/m0/s1. The molecule has 3 aromatic carbocycles. The molecule has 7 nitrogen and oxygen atoms in total. The first-order valence-electron chi connectivity index (χ1n) is 10.8. The number of carboxylic acid groups (broad SMARTS) is 1. The van der Waals surface area contributed by atoms with Crippen LogP contribution in [0, 0.1) is 11.7 Å². The van der Waals surface area contributed by atoms with E-state index in [2.05, 4.69) is 10.6 Å². The predicted octanol–water partition coefficient (Wildman–Crippen LogP) is 5.20. The lowest BCUT2D eigenvalue weighted by Crippen LogP contribution is -2.44. The zero-order valence-electron chi connectivity index (χ0n) is 18.7. The first-order chi connectivity index (χ1) is 16.2. The summed E-state index contributed by atoms with van der Waals surface area (Å²) in [7, 11) is 0. The minimum atomic E-state index is -1.01. The van der Waals surface area contributed by atoms with Gasteiger partial charge in [0.05, 0.1) is 0 Å². The SMILES string of the molecule is CC(C)[C@@H](C(=O)O)N1Cc2ccc(-c3ccc(NC(=O)Nc4cccc(F)c4)cc3)cc2C1=O. The monoisotopic (exact) mass is 461 g/mol. The van der Waals surface area contributed by atoms with E-state index < -0.39 is 23.9 Å². The van der Waals surface area contributed by atoms with Gasteiger partial charge in [-0.2, -0.15) is 0 Å². The Morgan fingerprint density at radius 2 is 1.62 bits per heavy atom. The first kappa shape index (κ1) is 23.0. The van der Waals surface area contributed by atoms with Crippen LogP contribution in [-0.2, 0) is 11.3 Å². The van der Waals surface area contributed by atoms with Crippen LogP contribution in [0.25, 0.3) is 11.1 Å². The van der Waals surface area contributed by atoms with E-state index in [1.54, 1.807) is 38.1 Å². The van der Waals surface area contributed by atoms with Gasteiger partial charge in [-0.25, -0.2) is 14.0 Å². The lowest BCUT2D eigenvalue weighted by atomic mass is 10.00. The highest BCUT2D eigenvalue weighted by Gasteiger charge is 2.38. The molecule has 0 aromatic heterocycles. The summed E-state index contributed by atoms with van der Waals surface area (Å²) >= 11 is 0. The second kappa shape index (κ2) is 9.35. The maximum atomic E-state index is 13.3. The van der Waals surface area contributed by atoms with E-state index in [0.717, 1.165) is 16.7 Å². The summed E-state index contributed by atoms with van der Waals surface area (Å²) < 4.78 is 13.3. The second-order valence-electron chi connectivity index (χ2n) is 8.50. The third-order valence-corrected chi connectivity index (χ3v) is 5.72. The van der Waals surface area contributed by atoms with Gasteiger partial charge in [-0.15, -0.1) is 0 Å². The van der Waals surface area contributed by atoms with Crippen molar-refractivity contribution < 1.29 is 23.9 Å². The van der Waals surface area contributed by atoms with Crippen LogP contribution in [0.5, 0.6) is 0 Å². The zero-order chi connectivity index (χ0) is 24.4. The zero-order valence-corrected chi connectivity index (χ0v) is 18.7. The summed E-state index contributed by atoms with van der Waals surface area (Å²) in [4.78, 5) is 38.2. The molecule has 3 aromatic rings. The van der Waals surface area contributed by atoms with Crippen molar-refractivity contribution in [1.82, 2.24) is 4.90 Å². The molecule has 0 fully saturated rings. The molecule has 1 heterocycles. The third kappa shape index (κ3) is 4.76. The van der Waals surface area contributed by atoms with E-state index in [9.17, 15) is 23.9 Å². The molecule has 0 radical (unpaired) electrons.